The predicted molar refractivity (Wildman–Crippen MR) is 115 cm³/mol. The summed E-state index contributed by atoms with van der Waals surface area (Å²) in [5.74, 6) is 1.37. The van der Waals surface area contributed by atoms with Crippen LogP contribution in [0.4, 0.5) is 5.69 Å². The van der Waals surface area contributed by atoms with E-state index in [0.29, 0.717) is 24.6 Å². The van der Waals surface area contributed by atoms with Crippen LogP contribution in [0.1, 0.15) is 31.7 Å². The highest BCUT2D eigenvalue weighted by atomic mass is 16.5. The van der Waals surface area contributed by atoms with Crippen LogP contribution in [-0.2, 0) is 16.0 Å². The fourth-order valence-electron chi connectivity index (χ4n) is 3.95. The second-order valence-corrected chi connectivity index (χ2v) is 7.64. The molecule has 2 aromatic carbocycles. The molecule has 0 bridgehead atoms. The Bertz CT molecular complexity index is 814. The number of benzene rings is 2. The summed E-state index contributed by atoms with van der Waals surface area (Å²) in [5, 5.41) is 0. The third-order valence-electron chi connectivity index (χ3n) is 5.63. The van der Waals surface area contributed by atoms with Gasteiger partial charge in [0, 0.05) is 44.7 Å². The van der Waals surface area contributed by atoms with Gasteiger partial charge in [0.2, 0.25) is 11.8 Å². The van der Waals surface area contributed by atoms with Crippen molar-refractivity contribution in [2.45, 2.75) is 32.6 Å². The topological polar surface area (TPSA) is 49.9 Å². The average Bonchev–Trinajstić information content (AvgIpc) is 2.75. The fraction of sp³-hybridized carbons (Fsp3) is 0.417. The second kappa shape index (κ2) is 10.1. The third-order valence-corrected chi connectivity index (χ3v) is 5.63. The van der Waals surface area contributed by atoms with Crippen molar-refractivity contribution < 1.29 is 14.3 Å². The lowest BCUT2D eigenvalue weighted by Gasteiger charge is -2.33. The van der Waals surface area contributed by atoms with Crippen LogP contribution >= 0.6 is 0 Å². The average molecular weight is 395 g/mol. The lowest BCUT2D eigenvalue weighted by atomic mass is 9.90. The van der Waals surface area contributed by atoms with E-state index in [4.69, 9.17) is 4.74 Å². The van der Waals surface area contributed by atoms with Gasteiger partial charge in [-0.15, -0.1) is 0 Å². The predicted octanol–water partition coefficient (Wildman–Crippen LogP) is 3.92. The third kappa shape index (κ3) is 5.83. The summed E-state index contributed by atoms with van der Waals surface area (Å²) < 4.78 is 5.24. The molecule has 0 unspecified atom stereocenters. The number of nitrogens with zero attached hydrogens (tertiary/aromatic N) is 2. The smallest absolute Gasteiger partial charge is 0.224 e. The molecule has 0 radical (unpaired) electrons. The second-order valence-electron chi connectivity index (χ2n) is 7.64. The Morgan fingerprint density at radius 3 is 2.45 bits per heavy atom. The van der Waals surface area contributed by atoms with Gasteiger partial charge < -0.3 is 14.5 Å². The summed E-state index contributed by atoms with van der Waals surface area (Å²) in [6, 6.07) is 17.9. The molecule has 1 fully saturated rings. The lowest BCUT2D eigenvalue weighted by molar-refractivity contribution is -0.132. The first-order valence-electron chi connectivity index (χ1n) is 10.3. The Hall–Kier alpha value is -2.82. The molecule has 1 heterocycles. The minimum Gasteiger partial charge on any atom is -0.497 e. The molecule has 0 spiro atoms. The summed E-state index contributed by atoms with van der Waals surface area (Å²) >= 11 is 0. The van der Waals surface area contributed by atoms with E-state index in [0.717, 1.165) is 38.0 Å². The van der Waals surface area contributed by atoms with E-state index in [1.165, 1.54) is 12.5 Å². The van der Waals surface area contributed by atoms with Gasteiger partial charge in [0.15, 0.2) is 0 Å². The van der Waals surface area contributed by atoms with Gasteiger partial charge in [0.1, 0.15) is 5.75 Å². The minimum atomic E-state index is -0.0763. The van der Waals surface area contributed by atoms with E-state index >= 15 is 0 Å². The van der Waals surface area contributed by atoms with Gasteiger partial charge in [-0.3, -0.25) is 9.59 Å². The zero-order valence-corrected chi connectivity index (χ0v) is 17.3. The SMILES string of the molecule is COc1cccc(N(CCC(=O)N2CCC(Cc3ccccc3)CC2)C(C)=O)c1. The molecule has 0 aromatic heterocycles. The molecule has 0 saturated carbocycles. The minimum absolute atomic E-state index is 0.0763. The Balaban J connectivity index is 1.50. The largest absolute Gasteiger partial charge is 0.497 e. The van der Waals surface area contributed by atoms with Crippen LogP contribution in [0.15, 0.2) is 54.6 Å². The standard InChI is InChI=1S/C24H30N2O3/c1-19(27)26(22-9-6-10-23(18-22)29-2)16-13-24(28)25-14-11-21(12-15-25)17-20-7-4-3-5-8-20/h3-10,18,21H,11-17H2,1-2H3. The van der Waals surface area contributed by atoms with Gasteiger partial charge in [0.25, 0.3) is 0 Å². The van der Waals surface area contributed by atoms with Crippen molar-refractivity contribution in [3.8, 4) is 5.75 Å². The molecule has 29 heavy (non-hydrogen) atoms. The molecule has 0 N–H and O–H groups in total. The number of likely N-dealkylation sites (tertiary alicyclic amines) is 1. The first-order chi connectivity index (χ1) is 14.1. The van der Waals surface area contributed by atoms with Crippen molar-refractivity contribution in [1.29, 1.82) is 0 Å². The van der Waals surface area contributed by atoms with Gasteiger partial charge >= 0.3 is 0 Å². The van der Waals surface area contributed by atoms with E-state index in [9.17, 15) is 9.59 Å². The van der Waals surface area contributed by atoms with Crippen molar-refractivity contribution in [2.24, 2.45) is 5.92 Å². The summed E-state index contributed by atoms with van der Waals surface area (Å²) in [6.07, 6.45) is 3.48. The number of carbonyl (C=O) groups excluding carboxylic acids is 2. The zero-order chi connectivity index (χ0) is 20.6. The fourth-order valence-corrected chi connectivity index (χ4v) is 3.95. The highest BCUT2D eigenvalue weighted by Gasteiger charge is 2.24. The van der Waals surface area contributed by atoms with E-state index in [-0.39, 0.29) is 11.8 Å². The maximum absolute atomic E-state index is 12.7. The molecule has 154 valence electrons. The van der Waals surface area contributed by atoms with Gasteiger partial charge in [-0.25, -0.2) is 0 Å². The Morgan fingerprint density at radius 2 is 1.79 bits per heavy atom. The Labute approximate surface area is 173 Å². The van der Waals surface area contributed by atoms with Gasteiger partial charge in [-0.1, -0.05) is 36.4 Å². The normalized spacial score (nSPS) is 14.5. The number of ether oxygens (including phenoxy) is 1. The van der Waals surface area contributed by atoms with E-state index in [1.54, 1.807) is 12.0 Å². The van der Waals surface area contributed by atoms with Crippen molar-refractivity contribution in [2.75, 3.05) is 31.6 Å². The highest BCUT2D eigenvalue weighted by Crippen LogP contribution is 2.24. The number of anilines is 1. The number of hydrogen-bond donors (Lipinski definition) is 0. The van der Waals surface area contributed by atoms with Crippen molar-refractivity contribution in [1.82, 2.24) is 4.90 Å². The Kier molecular flexibility index (Phi) is 7.28. The van der Waals surface area contributed by atoms with Crippen LogP contribution in [-0.4, -0.2) is 43.5 Å². The number of methoxy groups -OCH3 is 1. The number of amides is 2. The molecule has 2 aromatic rings. The monoisotopic (exact) mass is 394 g/mol. The van der Waals surface area contributed by atoms with Crippen LogP contribution in [0.25, 0.3) is 0 Å². The van der Waals surface area contributed by atoms with E-state index in [1.807, 2.05) is 35.2 Å². The summed E-state index contributed by atoms with van der Waals surface area (Å²) in [4.78, 5) is 28.4. The summed E-state index contributed by atoms with van der Waals surface area (Å²) in [5.41, 5.74) is 2.12. The quantitative estimate of drug-likeness (QED) is 0.715. The number of rotatable bonds is 7. The number of piperidine rings is 1. The van der Waals surface area contributed by atoms with E-state index in [2.05, 4.69) is 24.3 Å². The maximum Gasteiger partial charge on any atom is 0.224 e. The van der Waals surface area contributed by atoms with Crippen LogP contribution in [0.3, 0.4) is 0 Å². The van der Waals surface area contributed by atoms with Gasteiger partial charge in [-0.05, 0) is 42.9 Å². The zero-order valence-electron chi connectivity index (χ0n) is 17.3. The van der Waals surface area contributed by atoms with E-state index < -0.39 is 0 Å². The Morgan fingerprint density at radius 1 is 1.07 bits per heavy atom. The maximum atomic E-state index is 12.7. The molecule has 1 saturated heterocycles. The van der Waals surface area contributed by atoms with Crippen LogP contribution in [0.2, 0.25) is 0 Å². The first kappa shape index (κ1) is 20.9. The molecule has 0 atom stereocenters. The van der Waals surface area contributed by atoms with Crippen molar-refractivity contribution in [3.05, 3.63) is 60.2 Å². The molecule has 0 aliphatic carbocycles. The molecule has 2 amide bonds. The molecule has 5 heteroatoms. The lowest BCUT2D eigenvalue weighted by Crippen LogP contribution is -2.41. The molecule has 1 aliphatic rings. The molecular formula is C24H30N2O3. The van der Waals surface area contributed by atoms with Crippen LogP contribution < -0.4 is 9.64 Å². The molecule has 5 nitrogen and oxygen atoms in total. The summed E-state index contributed by atoms with van der Waals surface area (Å²) in [7, 11) is 1.60. The number of carbonyl (C=O) groups is 2. The van der Waals surface area contributed by atoms with Crippen LogP contribution in [0, 0.1) is 5.92 Å². The molecule has 1 aliphatic heterocycles. The highest BCUT2D eigenvalue weighted by molar-refractivity contribution is 5.92. The molecule has 3 rings (SSSR count). The molecular weight excluding hydrogens is 364 g/mol. The number of hydrogen-bond acceptors (Lipinski definition) is 3. The van der Waals surface area contributed by atoms with Gasteiger partial charge in [-0.2, -0.15) is 0 Å². The van der Waals surface area contributed by atoms with Crippen molar-refractivity contribution >= 4 is 17.5 Å². The summed E-state index contributed by atoms with van der Waals surface area (Å²) in [6.45, 7) is 3.51. The van der Waals surface area contributed by atoms with Crippen LogP contribution in [0.5, 0.6) is 5.75 Å². The van der Waals surface area contributed by atoms with Crippen molar-refractivity contribution in [3.63, 3.8) is 0 Å². The van der Waals surface area contributed by atoms with Gasteiger partial charge in [0.05, 0.1) is 7.11 Å². The first-order valence-corrected chi connectivity index (χ1v) is 10.3.